The van der Waals surface area contributed by atoms with Crippen LogP contribution in [0.3, 0.4) is 0 Å². The minimum atomic E-state index is 0.153. The lowest BCUT2D eigenvalue weighted by Gasteiger charge is -2.40. The second-order valence-electron chi connectivity index (χ2n) is 6.60. The lowest BCUT2D eigenvalue weighted by atomic mass is 9.80. The third-order valence-corrected chi connectivity index (χ3v) is 4.77. The molecule has 1 aliphatic carbocycles. The van der Waals surface area contributed by atoms with E-state index in [-0.39, 0.29) is 5.60 Å². The van der Waals surface area contributed by atoms with Crippen molar-refractivity contribution in [1.82, 2.24) is 5.32 Å². The molecular formula is C15H29NO. The van der Waals surface area contributed by atoms with Gasteiger partial charge in [0.1, 0.15) is 0 Å². The molecular weight excluding hydrogens is 210 g/mol. The Morgan fingerprint density at radius 3 is 2.18 bits per heavy atom. The molecule has 1 heterocycles. The first-order chi connectivity index (χ1) is 8.09. The molecule has 0 atom stereocenters. The zero-order valence-corrected chi connectivity index (χ0v) is 11.8. The highest BCUT2D eigenvalue weighted by Gasteiger charge is 2.32. The lowest BCUT2D eigenvalue weighted by Crippen LogP contribution is -2.44. The van der Waals surface area contributed by atoms with E-state index in [1.165, 1.54) is 38.5 Å². The first-order valence-corrected chi connectivity index (χ1v) is 7.48. The van der Waals surface area contributed by atoms with Crippen molar-refractivity contribution in [3.63, 3.8) is 0 Å². The van der Waals surface area contributed by atoms with E-state index in [1.54, 1.807) is 0 Å². The average Bonchev–Trinajstić information content (AvgIpc) is 2.30. The summed E-state index contributed by atoms with van der Waals surface area (Å²) in [6.45, 7) is 9.28. The minimum Gasteiger partial charge on any atom is -0.372 e. The van der Waals surface area contributed by atoms with Crippen LogP contribution < -0.4 is 5.32 Å². The van der Waals surface area contributed by atoms with Gasteiger partial charge in [0.15, 0.2) is 0 Å². The van der Waals surface area contributed by atoms with Crippen molar-refractivity contribution in [2.75, 3.05) is 13.1 Å². The van der Waals surface area contributed by atoms with Crippen LogP contribution in [0.2, 0.25) is 0 Å². The van der Waals surface area contributed by atoms with Gasteiger partial charge in [-0.25, -0.2) is 0 Å². The summed E-state index contributed by atoms with van der Waals surface area (Å²) in [5.74, 6) is 1.79. The van der Waals surface area contributed by atoms with Crippen LogP contribution in [0.4, 0.5) is 0 Å². The van der Waals surface area contributed by atoms with Crippen molar-refractivity contribution < 1.29 is 4.74 Å². The van der Waals surface area contributed by atoms with E-state index >= 15 is 0 Å². The quantitative estimate of drug-likeness (QED) is 0.815. The van der Waals surface area contributed by atoms with Gasteiger partial charge in [0.2, 0.25) is 0 Å². The van der Waals surface area contributed by atoms with Crippen LogP contribution in [-0.2, 0) is 4.74 Å². The van der Waals surface area contributed by atoms with Gasteiger partial charge in [0.25, 0.3) is 0 Å². The van der Waals surface area contributed by atoms with Crippen LogP contribution in [0.15, 0.2) is 0 Å². The van der Waals surface area contributed by atoms with Gasteiger partial charge in [-0.05, 0) is 70.4 Å². The first kappa shape index (κ1) is 13.4. The van der Waals surface area contributed by atoms with Crippen LogP contribution in [0.25, 0.3) is 0 Å². The molecule has 17 heavy (non-hydrogen) atoms. The zero-order chi connectivity index (χ0) is 12.3. The zero-order valence-electron chi connectivity index (χ0n) is 11.8. The van der Waals surface area contributed by atoms with Crippen molar-refractivity contribution >= 4 is 0 Å². The summed E-state index contributed by atoms with van der Waals surface area (Å²) in [7, 11) is 0. The second kappa shape index (κ2) is 5.71. The monoisotopic (exact) mass is 239 g/mol. The fourth-order valence-electron chi connectivity index (χ4n) is 3.35. The smallest absolute Gasteiger partial charge is 0.0682 e. The van der Waals surface area contributed by atoms with E-state index in [1.807, 2.05) is 0 Å². The van der Waals surface area contributed by atoms with Crippen molar-refractivity contribution in [2.24, 2.45) is 11.8 Å². The lowest BCUT2D eigenvalue weighted by molar-refractivity contribution is -0.114. The Kier molecular flexibility index (Phi) is 4.48. The number of rotatable bonds is 3. The van der Waals surface area contributed by atoms with Gasteiger partial charge in [-0.2, -0.15) is 0 Å². The van der Waals surface area contributed by atoms with E-state index in [4.69, 9.17) is 4.74 Å². The molecule has 0 bridgehead atoms. The highest BCUT2D eigenvalue weighted by Crippen LogP contribution is 2.34. The summed E-state index contributed by atoms with van der Waals surface area (Å²) >= 11 is 0. The molecule has 0 radical (unpaired) electrons. The second-order valence-corrected chi connectivity index (χ2v) is 6.60. The van der Waals surface area contributed by atoms with Gasteiger partial charge < -0.3 is 10.1 Å². The van der Waals surface area contributed by atoms with Gasteiger partial charge >= 0.3 is 0 Å². The Balaban J connectivity index is 1.77. The third kappa shape index (κ3) is 3.69. The van der Waals surface area contributed by atoms with E-state index in [0.717, 1.165) is 24.9 Å². The van der Waals surface area contributed by atoms with Crippen LogP contribution in [-0.4, -0.2) is 24.8 Å². The molecule has 2 heteroatoms. The molecule has 2 nitrogen and oxygen atoms in total. The predicted molar refractivity (Wildman–Crippen MR) is 72.2 cm³/mol. The normalized spacial score (nSPS) is 33.9. The summed E-state index contributed by atoms with van der Waals surface area (Å²) in [5.41, 5.74) is 0.153. The maximum absolute atomic E-state index is 6.41. The SMILES string of the molecule is CC(C)C1CCC(OC2(C)CCNCC2)CC1. The van der Waals surface area contributed by atoms with Gasteiger partial charge in [0, 0.05) is 0 Å². The van der Waals surface area contributed by atoms with Crippen molar-refractivity contribution in [1.29, 1.82) is 0 Å². The van der Waals surface area contributed by atoms with Gasteiger partial charge in [-0.1, -0.05) is 13.8 Å². The topological polar surface area (TPSA) is 21.3 Å². The molecule has 1 saturated heterocycles. The van der Waals surface area contributed by atoms with E-state index in [9.17, 15) is 0 Å². The molecule has 0 aromatic heterocycles. The average molecular weight is 239 g/mol. The van der Waals surface area contributed by atoms with E-state index < -0.39 is 0 Å². The minimum absolute atomic E-state index is 0.153. The standard InChI is InChI=1S/C15H29NO/c1-12(2)13-4-6-14(7-5-13)17-15(3)8-10-16-11-9-15/h12-14,16H,4-11H2,1-3H3. The highest BCUT2D eigenvalue weighted by molar-refractivity contribution is 4.85. The Bertz CT molecular complexity index is 225. The van der Waals surface area contributed by atoms with Gasteiger partial charge in [-0.15, -0.1) is 0 Å². The molecule has 2 fully saturated rings. The van der Waals surface area contributed by atoms with Crippen molar-refractivity contribution in [3.8, 4) is 0 Å². The molecule has 0 amide bonds. The number of hydrogen-bond acceptors (Lipinski definition) is 2. The molecule has 1 saturated carbocycles. The summed E-state index contributed by atoms with van der Waals surface area (Å²) in [6, 6.07) is 0. The summed E-state index contributed by atoms with van der Waals surface area (Å²) in [4.78, 5) is 0. The summed E-state index contributed by atoms with van der Waals surface area (Å²) < 4.78 is 6.41. The Morgan fingerprint density at radius 1 is 1.06 bits per heavy atom. The van der Waals surface area contributed by atoms with Crippen molar-refractivity contribution in [3.05, 3.63) is 0 Å². The van der Waals surface area contributed by atoms with Crippen molar-refractivity contribution in [2.45, 2.75) is 71.0 Å². The Labute approximate surface area is 107 Å². The van der Waals surface area contributed by atoms with Gasteiger partial charge in [-0.3, -0.25) is 0 Å². The van der Waals surface area contributed by atoms with Crippen LogP contribution >= 0.6 is 0 Å². The van der Waals surface area contributed by atoms with Gasteiger partial charge in [0.05, 0.1) is 11.7 Å². The maximum atomic E-state index is 6.41. The number of nitrogens with one attached hydrogen (secondary N) is 1. The number of hydrogen-bond donors (Lipinski definition) is 1. The maximum Gasteiger partial charge on any atom is 0.0682 e. The highest BCUT2D eigenvalue weighted by atomic mass is 16.5. The largest absolute Gasteiger partial charge is 0.372 e. The molecule has 2 rings (SSSR count). The van der Waals surface area contributed by atoms with Crippen LogP contribution in [0, 0.1) is 11.8 Å². The Morgan fingerprint density at radius 2 is 1.65 bits per heavy atom. The summed E-state index contributed by atoms with van der Waals surface area (Å²) in [5, 5.41) is 3.42. The van der Waals surface area contributed by atoms with E-state index in [0.29, 0.717) is 6.10 Å². The fourth-order valence-corrected chi connectivity index (χ4v) is 3.35. The number of piperidine rings is 1. The van der Waals surface area contributed by atoms with Crippen LogP contribution in [0.1, 0.15) is 59.3 Å². The summed E-state index contributed by atoms with van der Waals surface area (Å²) in [6.07, 6.45) is 8.20. The molecule has 0 unspecified atom stereocenters. The molecule has 1 N–H and O–H groups in total. The molecule has 2 aliphatic rings. The third-order valence-electron chi connectivity index (χ3n) is 4.77. The fraction of sp³-hybridized carbons (Fsp3) is 1.00. The molecule has 100 valence electrons. The molecule has 0 aromatic rings. The molecule has 1 aliphatic heterocycles. The Hall–Kier alpha value is -0.0800. The predicted octanol–water partition coefficient (Wildman–Crippen LogP) is 3.36. The molecule has 0 aromatic carbocycles. The van der Waals surface area contributed by atoms with Crippen LogP contribution in [0.5, 0.6) is 0 Å². The first-order valence-electron chi connectivity index (χ1n) is 7.48. The molecule has 0 spiro atoms. The van der Waals surface area contributed by atoms with E-state index in [2.05, 4.69) is 26.1 Å². The number of ether oxygens (including phenoxy) is 1.